The average molecular weight is 548 g/mol. The molecule has 39 heavy (non-hydrogen) atoms. The number of halogens is 3. The summed E-state index contributed by atoms with van der Waals surface area (Å²) in [7, 11) is 0. The smallest absolute Gasteiger partial charge is 0.350 e. The first kappa shape index (κ1) is 28.8. The molecule has 3 amide bonds. The van der Waals surface area contributed by atoms with Gasteiger partial charge in [-0.1, -0.05) is 24.3 Å². The van der Waals surface area contributed by atoms with Crippen molar-refractivity contribution in [1.82, 2.24) is 25.3 Å². The van der Waals surface area contributed by atoms with Crippen molar-refractivity contribution in [3.63, 3.8) is 0 Å². The highest BCUT2D eigenvalue weighted by Gasteiger charge is 2.31. The maximum atomic E-state index is 12.9. The molecule has 1 aromatic rings. The molecule has 0 saturated carbocycles. The normalized spacial score (nSPS) is 21.4. The number of alkyl halides is 3. The quantitative estimate of drug-likeness (QED) is 0.523. The first-order valence-corrected chi connectivity index (χ1v) is 13.5. The fraction of sp³-hybridized carbons (Fsp3) is 0.536. The summed E-state index contributed by atoms with van der Waals surface area (Å²) in [5.41, 5.74) is -0.170. The summed E-state index contributed by atoms with van der Waals surface area (Å²) in [4.78, 5) is 44.0. The number of nitrogens with zero attached hydrogens (tertiary/aromatic N) is 3. The molecule has 2 saturated heterocycles. The third-order valence-electron chi connectivity index (χ3n) is 7.53. The standard InChI is InChI=1S/C28H36F3N5O3/c1-20(35-12-14-36(15-13-35)27(39)21-6-3-2-4-7-21)18-34-11-10-24(19-34)33-25(37)17-32-26(38)22-8-5-9-23(16-22)28(29,30)31/h2-3,5-6,8-9,16,20,24H,4,7,10-15,17-19H2,1H3,(H,32,38)(H,33,37)/t20?,24-/m1/s1. The number of allylic oxidation sites excluding steroid dienone is 3. The van der Waals surface area contributed by atoms with Gasteiger partial charge in [0, 0.05) is 69.0 Å². The Kier molecular flexibility index (Phi) is 9.45. The molecule has 8 nitrogen and oxygen atoms in total. The van der Waals surface area contributed by atoms with Crippen LogP contribution in [0.2, 0.25) is 0 Å². The van der Waals surface area contributed by atoms with Crippen molar-refractivity contribution in [1.29, 1.82) is 0 Å². The molecule has 2 atom stereocenters. The lowest BCUT2D eigenvalue weighted by molar-refractivity contribution is -0.137. The molecule has 2 aliphatic heterocycles. The summed E-state index contributed by atoms with van der Waals surface area (Å²) in [6.07, 6.45) is 3.92. The van der Waals surface area contributed by atoms with Crippen LogP contribution in [0.1, 0.15) is 42.1 Å². The molecule has 4 rings (SSSR count). The number of hydrogen-bond acceptors (Lipinski definition) is 5. The van der Waals surface area contributed by atoms with E-state index < -0.39 is 17.6 Å². The second-order valence-electron chi connectivity index (χ2n) is 10.4. The molecule has 1 aliphatic carbocycles. The first-order valence-electron chi connectivity index (χ1n) is 13.5. The highest BCUT2D eigenvalue weighted by molar-refractivity contribution is 5.96. The SMILES string of the molecule is CC(CN1CC[C@@H](NC(=O)CNC(=O)c2cccc(C(F)(F)F)c2)C1)N1CCN(C(=O)C2=CC=CCC2)CC1. The van der Waals surface area contributed by atoms with Crippen LogP contribution in [0.15, 0.2) is 48.1 Å². The Morgan fingerprint density at radius 2 is 1.87 bits per heavy atom. The molecule has 1 aromatic carbocycles. The zero-order chi connectivity index (χ0) is 28.0. The van der Waals surface area contributed by atoms with E-state index in [1.54, 1.807) is 0 Å². The van der Waals surface area contributed by atoms with Crippen molar-refractivity contribution < 1.29 is 27.6 Å². The van der Waals surface area contributed by atoms with E-state index >= 15 is 0 Å². The molecular formula is C28H36F3N5O3. The Morgan fingerprint density at radius 1 is 1.10 bits per heavy atom. The van der Waals surface area contributed by atoms with Crippen LogP contribution in [0.25, 0.3) is 0 Å². The van der Waals surface area contributed by atoms with Gasteiger partial charge in [-0.25, -0.2) is 0 Å². The van der Waals surface area contributed by atoms with Crippen LogP contribution < -0.4 is 10.6 Å². The third kappa shape index (κ3) is 7.92. The lowest BCUT2D eigenvalue weighted by atomic mass is 10.0. The minimum atomic E-state index is -4.54. The molecule has 3 aliphatic rings. The van der Waals surface area contributed by atoms with E-state index in [0.717, 1.165) is 76.2 Å². The van der Waals surface area contributed by atoms with Gasteiger partial charge in [-0.15, -0.1) is 0 Å². The zero-order valence-corrected chi connectivity index (χ0v) is 22.2. The third-order valence-corrected chi connectivity index (χ3v) is 7.53. The van der Waals surface area contributed by atoms with Crippen LogP contribution in [-0.4, -0.2) is 96.9 Å². The molecule has 0 radical (unpaired) electrons. The maximum absolute atomic E-state index is 12.9. The molecule has 11 heteroatoms. The van der Waals surface area contributed by atoms with Gasteiger partial charge in [-0.05, 0) is 44.4 Å². The molecule has 2 N–H and O–H groups in total. The molecule has 212 valence electrons. The summed E-state index contributed by atoms with van der Waals surface area (Å²) < 4.78 is 38.6. The Hall–Kier alpha value is -3.18. The second-order valence-corrected chi connectivity index (χ2v) is 10.4. The van der Waals surface area contributed by atoms with E-state index in [0.29, 0.717) is 12.6 Å². The van der Waals surface area contributed by atoms with Crippen LogP contribution in [0, 0.1) is 0 Å². The number of amides is 3. The van der Waals surface area contributed by atoms with E-state index in [-0.39, 0.29) is 30.0 Å². The fourth-order valence-corrected chi connectivity index (χ4v) is 5.33. The predicted molar refractivity (Wildman–Crippen MR) is 141 cm³/mol. The van der Waals surface area contributed by atoms with Crippen LogP contribution in [0.3, 0.4) is 0 Å². The number of benzene rings is 1. The van der Waals surface area contributed by atoms with Gasteiger partial charge in [0.05, 0.1) is 12.1 Å². The summed E-state index contributed by atoms with van der Waals surface area (Å²) in [6, 6.07) is 4.36. The summed E-state index contributed by atoms with van der Waals surface area (Å²) in [5, 5.41) is 5.31. The highest BCUT2D eigenvalue weighted by Crippen LogP contribution is 2.29. The van der Waals surface area contributed by atoms with Crippen molar-refractivity contribution >= 4 is 17.7 Å². The van der Waals surface area contributed by atoms with Gasteiger partial charge in [-0.2, -0.15) is 13.2 Å². The van der Waals surface area contributed by atoms with Gasteiger partial charge in [0.2, 0.25) is 11.8 Å². The van der Waals surface area contributed by atoms with E-state index in [4.69, 9.17) is 0 Å². The molecular weight excluding hydrogens is 511 g/mol. The highest BCUT2D eigenvalue weighted by atomic mass is 19.4. The summed E-state index contributed by atoms with van der Waals surface area (Å²) in [5.74, 6) is -0.956. The van der Waals surface area contributed by atoms with E-state index in [2.05, 4.69) is 33.4 Å². The molecule has 0 aromatic heterocycles. The average Bonchev–Trinajstić information content (AvgIpc) is 3.37. The number of piperazine rings is 1. The maximum Gasteiger partial charge on any atom is 0.416 e. The number of carbonyl (C=O) groups excluding carboxylic acids is 3. The number of carbonyl (C=O) groups is 3. The number of rotatable bonds is 8. The Bertz CT molecular complexity index is 1110. The molecule has 0 spiro atoms. The lowest BCUT2D eigenvalue weighted by Gasteiger charge is -2.39. The van der Waals surface area contributed by atoms with E-state index in [1.807, 2.05) is 17.1 Å². The van der Waals surface area contributed by atoms with Gasteiger partial charge in [0.1, 0.15) is 0 Å². The largest absolute Gasteiger partial charge is 0.416 e. The Labute approximate surface area is 226 Å². The van der Waals surface area contributed by atoms with Crippen molar-refractivity contribution in [3.8, 4) is 0 Å². The van der Waals surface area contributed by atoms with Crippen molar-refractivity contribution in [2.75, 3.05) is 52.4 Å². The van der Waals surface area contributed by atoms with Crippen LogP contribution in [0.5, 0.6) is 0 Å². The van der Waals surface area contributed by atoms with Crippen LogP contribution in [0.4, 0.5) is 13.2 Å². The molecule has 1 unspecified atom stereocenters. The Morgan fingerprint density at radius 3 is 2.56 bits per heavy atom. The van der Waals surface area contributed by atoms with Gasteiger partial charge in [-0.3, -0.25) is 24.2 Å². The first-order chi connectivity index (χ1) is 18.6. The topological polar surface area (TPSA) is 85.0 Å². The fourth-order valence-electron chi connectivity index (χ4n) is 5.33. The van der Waals surface area contributed by atoms with Gasteiger partial charge in [0.15, 0.2) is 0 Å². The monoisotopic (exact) mass is 547 g/mol. The van der Waals surface area contributed by atoms with Gasteiger partial charge < -0.3 is 15.5 Å². The van der Waals surface area contributed by atoms with Gasteiger partial charge >= 0.3 is 6.18 Å². The van der Waals surface area contributed by atoms with Crippen molar-refractivity contribution in [2.24, 2.45) is 0 Å². The van der Waals surface area contributed by atoms with E-state index in [1.165, 1.54) is 12.1 Å². The minimum Gasteiger partial charge on any atom is -0.350 e. The number of likely N-dealkylation sites (tertiary alicyclic amines) is 1. The lowest BCUT2D eigenvalue weighted by Crippen LogP contribution is -2.53. The van der Waals surface area contributed by atoms with Crippen molar-refractivity contribution in [3.05, 3.63) is 59.2 Å². The zero-order valence-electron chi connectivity index (χ0n) is 22.2. The van der Waals surface area contributed by atoms with Gasteiger partial charge in [0.25, 0.3) is 5.91 Å². The predicted octanol–water partition coefficient (Wildman–Crippen LogP) is 2.43. The summed E-state index contributed by atoms with van der Waals surface area (Å²) >= 11 is 0. The summed E-state index contributed by atoms with van der Waals surface area (Å²) in [6.45, 7) is 7.35. The number of nitrogens with one attached hydrogen (secondary N) is 2. The molecule has 2 heterocycles. The van der Waals surface area contributed by atoms with Crippen LogP contribution in [-0.2, 0) is 15.8 Å². The minimum absolute atomic E-state index is 0.0533. The second kappa shape index (κ2) is 12.8. The van der Waals surface area contributed by atoms with E-state index in [9.17, 15) is 27.6 Å². The van der Waals surface area contributed by atoms with Crippen LogP contribution >= 0.6 is 0 Å². The number of hydrogen-bond donors (Lipinski definition) is 2. The molecule has 0 bridgehead atoms. The Balaban J connectivity index is 1.15. The van der Waals surface area contributed by atoms with Crippen molar-refractivity contribution in [2.45, 2.75) is 44.4 Å². The molecule has 2 fully saturated rings.